The topological polar surface area (TPSA) is 54.9 Å². The highest BCUT2D eigenvalue weighted by molar-refractivity contribution is 14.0. The predicted molar refractivity (Wildman–Crippen MR) is 120 cm³/mol. The number of halogens is 1. The van der Waals surface area contributed by atoms with E-state index in [1.807, 2.05) is 48.5 Å². The van der Waals surface area contributed by atoms with E-state index >= 15 is 0 Å². The molecule has 2 aromatic rings. The summed E-state index contributed by atoms with van der Waals surface area (Å²) in [6.07, 6.45) is 2.65. The molecule has 146 valence electrons. The van der Waals surface area contributed by atoms with Crippen LogP contribution in [0.2, 0.25) is 0 Å². The summed E-state index contributed by atoms with van der Waals surface area (Å²) >= 11 is 0. The van der Waals surface area contributed by atoms with Crippen molar-refractivity contribution < 1.29 is 9.47 Å². The van der Waals surface area contributed by atoms with Crippen molar-refractivity contribution in [2.75, 3.05) is 20.7 Å². The first kappa shape index (κ1) is 21.3. The zero-order chi connectivity index (χ0) is 18.2. The average Bonchev–Trinajstić information content (AvgIpc) is 3.52. The number of methoxy groups -OCH3 is 1. The van der Waals surface area contributed by atoms with Gasteiger partial charge in [0.2, 0.25) is 0 Å². The van der Waals surface area contributed by atoms with Gasteiger partial charge in [0.1, 0.15) is 6.61 Å². The smallest absolute Gasteiger partial charge is 0.191 e. The van der Waals surface area contributed by atoms with Gasteiger partial charge in [0.05, 0.1) is 7.11 Å². The highest BCUT2D eigenvalue weighted by Crippen LogP contribution is 2.29. The second kappa shape index (κ2) is 11.0. The number of hydrogen-bond donors (Lipinski definition) is 2. The van der Waals surface area contributed by atoms with Crippen molar-refractivity contribution in [1.82, 2.24) is 10.6 Å². The molecule has 0 atom stereocenters. The van der Waals surface area contributed by atoms with Crippen molar-refractivity contribution >= 4 is 29.9 Å². The van der Waals surface area contributed by atoms with Crippen molar-refractivity contribution in [2.24, 2.45) is 10.9 Å². The largest absolute Gasteiger partial charge is 0.493 e. The summed E-state index contributed by atoms with van der Waals surface area (Å²) in [4.78, 5) is 4.26. The molecular formula is C21H28IN3O2. The number of guanidine groups is 1. The molecule has 3 rings (SSSR count). The maximum absolute atomic E-state index is 5.91. The molecule has 0 aromatic heterocycles. The van der Waals surface area contributed by atoms with E-state index in [0.29, 0.717) is 13.2 Å². The van der Waals surface area contributed by atoms with Gasteiger partial charge in [0.15, 0.2) is 17.5 Å². The Morgan fingerprint density at radius 2 is 1.81 bits per heavy atom. The quantitative estimate of drug-likeness (QED) is 0.341. The van der Waals surface area contributed by atoms with Gasteiger partial charge < -0.3 is 20.1 Å². The van der Waals surface area contributed by atoms with Crippen LogP contribution < -0.4 is 20.1 Å². The molecule has 0 spiro atoms. The third-order valence-electron chi connectivity index (χ3n) is 4.40. The Hall–Kier alpha value is -1.96. The van der Waals surface area contributed by atoms with Gasteiger partial charge in [-0.05, 0) is 42.0 Å². The summed E-state index contributed by atoms with van der Waals surface area (Å²) < 4.78 is 11.4. The van der Waals surface area contributed by atoms with E-state index in [-0.39, 0.29) is 24.0 Å². The van der Waals surface area contributed by atoms with Crippen molar-refractivity contribution in [3.8, 4) is 11.5 Å². The van der Waals surface area contributed by atoms with E-state index in [2.05, 4.69) is 15.6 Å². The van der Waals surface area contributed by atoms with E-state index in [4.69, 9.17) is 9.47 Å². The summed E-state index contributed by atoms with van der Waals surface area (Å²) in [5.74, 6) is 3.13. The van der Waals surface area contributed by atoms with Crippen molar-refractivity contribution in [1.29, 1.82) is 0 Å². The van der Waals surface area contributed by atoms with E-state index < -0.39 is 0 Å². The second-order valence-electron chi connectivity index (χ2n) is 6.51. The maximum atomic E-state index is 5.91. The Morgan fingerprint density at radius 3 is 2.48 bits per heavy atom. The van der Waals surface area contributed by atoms with Gasteiger partial charge in [-0.3, -0.25) is 4.99 Å². The van der Waals surface area contributed by atoms with Crippen LogP contribution in [0.25, 0.3) is 0 Å². The average molecular weight is 481 g/mol. The number of rotatable bonds is 8. The lowest BCUT2D eigenvalue weighted by atomic mass is 10.2. The predicted octanol–water partition coefficient (Wildman–Crippen LogP) is 3.97. The molecule has 27 heavy (non-hydrogen) atoms. The van der Waals surface area contributed by atoms with Gasteiger partial charge in [0.25, 0.3) is 0 Å². The first-order chi connectivity index (χ1) is 12.8. The molecule has 0 amide bonds. The fourth-order valence-electron chi connectivity index (χ4n) is 2.65. The second-order valence-corrected chi connectivity index (χ2v) is 6.51. The standard InChI is InChI=1S/C21H27N3O2.HI/c1-22-21(23-13-16-8-9-16)24-14-18-10-11-19(20(12-18)25-2)26-15-17-6-4-3-5-7-17;/h3-7,10-12,16H,8-9,13-15H2,1-2H3,(H2,22,23,24);1H. The number of nitrogens with one attached hydrogen (secondary N) is 2. The molecular weight excluding hydrogens is 453 g/mol. The van der Waals surface area contributed by atoms with E-state index in [9.17, 15) is 0 Å². The van der Waals surface area contributed by atoms with Gasteiger partial charge in [-0.15, -0.1) is 24.0 Å². The molecule has 0 saturated heterocycles. The highest BCUT2D eigenvalue weighted by atomic mass is 127. The summed E-state index contributed by atoms with van der Waals surface area (Å²) in [7, 11) is 3.46. The first-order valence-corrected chi connectivity index (χ1v) is 9.06. The first-order valence-electron chi connectivity index (χ1n) is 9.06. The minimum atomic E-state index is 0. The molecule has 5 nitrogen and oxygen atoms in total. The third kappa shape index (κ3) is 6.93. The Balaban J connectivity index is 0.00000261. The summed E-state index contributed by atoms with van der Waals surface area (Å²) in [5.41, 5.74) is 2.24. The normalized spacial score (nSPS) is 13.5. The fourth-order valence-corrected chi connectivity index (χ4v) is 2.65. The number of nitrogens with zero attached hydrogens (tertiary/aromatic N) is 1. The van der Waals surface area contributed by atoms with E-state index in [1.165, 1.54) is 12.8 Å². The molecule has 2 aromatic carbocycles. The van der Waals surface area contributed by atoms with Gasteiger partial charge in [0, 0.05) is 20.1 Å². The SMILES string of the molecule is CN=C(NCc1ccc(OCc2ccccc2)c(OC)c1)NCC1CC1.I. The zero-order valence-electron chi connectivity index (χ0n) is 15.9. The van der Waals surface area contributed by atoms with Crippen LogP contribution in [0.1, 0.15) is 24.0 Å². The summed E-state index contributed by atoms with van der Waals surface area (Å²) in [5, 5.41) is 6.70. The van der Waals surface area contributed by atoms with Crippen molar-refractivity contribution in [3.05, 3.63) is 59.7 Å². The molecule has 2 N–H and O–H groups in total. The Labute approximate surface area is 178 Å². The molecule has 1 aliphatic rings. The molecule has 1 aliphatic carbocycles. The molecule has 0 radical (unpaired) electrons. The van der Waals surface area contributed by atoms with Gasteiger partial charge in [-0.2, -0.15) is 0 Å². The molecule has 1 fully saturated rings. The van der Waals surface area contributed by atoms with Crippen LogP contribution in [0.15, 0.2) is 53.5 Å². The number of benzene rings is 2. The maximum Gasteiger partial charge on any atom is 0.191 e. The van der Waals surface area contributed by atoms with Crippen molar-refractivity contribution in [2.45, 2.75) is 26.0 Å². The molecule has 0 heterocycles. The molecule has 0 bridgehead atoms. The molecule has 1 saturated carbocycles. The summed E-state index contributed by atoms with van der Waals surface area (Å²) in [6, 6.07) is 16.1. The number of aliphatic imine (C=N–C) groups is 1. The van der Waals surface area contributed by atoms with E-state index in [0.717, 1.165) is 41.0 Å². The van der Waals surface area contributed by atoms with Gasteiger partial charge in [-0.25, -0.2) is 0 Å². The molecule has 0 aliphatic heterocycles. The molecule has 6 heteroatoms. The fraction of sp³-hybridized carbons (Fsp3) is 0.381. The Bertz CT molecular complexity index is 733. The Kier molecular flexibility index (Phi) is 8.71. The molecule has 0 unspecified atom stereocenters. The van der Waals surface area contributed by atoms with Crippen LogP contribution in [0.3, 0.4) is 0 Å². The minimum Gasteiger partial charge on any atom is -0.493 e. The highest BCUT2D eigenvalue weighted by Gasteiger charge is 2.21. The van der Waals surface area contributed by atoms with Crippen molar-refractivity contribution in [3.63, 3.8) is 0 Å². The third-order valence-corrected chi connectivity index (χ3v) is 4.40. The van der Waals surface area contributed by atoms with Crippen LogP contribution in [0.4, 0.5) is 0 Å². The lowest BCUT2D eigenvalue weighted by molar-refractivity contribution is 0.284. The number of hydrogen-bond acceptors (Lipinski definition) is 3. The van der Waals surface area contributed by atoms with Crippen LogP contribution in [0.5, 0.6) is 11.5 Å². The lowest BCUT2D eigenvalue weighted by Crippen LogP contribution is -2.37. The summed E-state index contributed by atoms with van der Waals surface area (Å²) in [6.45, 7) is 2.20. The Morgan fingerprint density at radius 1 is 1.04 bits per heavy atom. The zero-order valence-corrected chi connectivity index (χ0v) is 18.2. The van der Waals surface area contributed by atoms with Gasteiger partial charge >= 0.3 is 0 Å². The monoisotopic (exact) mass is 481 g/mol. The van der Waals surface area contributed by atoms with Crippen LogP contribution in [0, 0.1) is 5.92 Å². The van der Waals surface area contributed by atoms with Gasteiger partial charge in [-0.1, -0.05) is 36.4 Å². The van der Waals surface area contributed by atoms with Crippen LogP contribution in [-0.4, -0.2) is 26.7 Å². The van der Waals surface area contributed by atoms with Crippen LogP contribution >= 0.6 is 24.0 Å². The lowest BCUT2D eigenvalue weighted by Gasteiger charge is -2.14. The van der Waals surface area contributed by atoms with Crippen LogP contribution in [-0.2, 0) is 13.2 Å². The number of ether oxygens (including phenoxy) is 2. The van der Waals surface area contributed by atoms with E-state index in [1.54, 1.807) is 14.2 Å². The minimum absolute atomic E-state index is 0.